The predicted molar refractivity (Wildman–Crippen MR) is 105 cm³/mol. The smallest absolute Gasteiger partial charge is 0.231 e. The maximum atomic E-state index is 5.51. The lowest BCUT2D eigenvalue weighted by molar-refractivity contribution is 0.0834. The number of ether oxygens (including phenoxy) is 2. The monoisotopic (exact) mass is 386 g/mol. The van der Waals surface area contributed by atoms with Crippen LogP contribution in [0.2, 0.25) is 0 Å². The van der Waals surface area contributed by atoms with Crippen LogP contribution in [0.5, 0.6) is 11.5 Å². The van der Waals surface area contributed by atoms with E-state index in [2.05, 4.69) is 52.2 Å². The summed E-state index contributed by atoms with van der Waals surface area (Å²) in [6, 6.07) is 6.27. The predicted octanol–water partition coefficient (Wildman–Crippen LogP) is 2.17. The Kier molecular flexibility index (Phi) is 5.77. The summed E-state index contributed by atoms with van der Waals surface area (Å²) in [5.41, 5.74) is 1.11. The first-order valence-corrected chi connectivity index (χ1v) is 10.2. The first kappa shape index (κ1) is 19.1. The van der Waals surface area contributed by atoms with Gasteiger partial charge in [0.25, 0.3) is 0 Å². The molecule has 1 fully saturated rings. The van der Waals surface area contributed by atoms with Crippen molar-refractivity contribution in [2.45, 2.75) is 39.8 Å². The molecule has 0 bridgehead atoms. The molecule has 3 heterocycles. The molecule has 8 nitrogen and oxygen atoms in total. The van der Waals surface area contributed by atoms with Crippen molar-refractivity contribution >= 4 is 0 Å². The van der Waals surface area contributed by atoms with Crippen molar-refractivity contribution in [3.8, 4) is 11.5 Å². The molecule has 1 aromatic heterocycles. The number of nitrogens with zero attached hydrogens (tertiary/aromatic N) is 6. The topological polar surface area (TPSA) is 68.5 Å². The molecule has 1 aromatic carbocycles. The Hall–Kier alpha value is -2.19. The molecule has 0 unspecified atom stereocenters. The van der Waals surface area contributed by atoms with E-state index in [1.807, 2.05) is 16.8 Å². The second-order valence-corrected chi connectivity index (χ2v) is 8.00. The molecule has 0 amide bonds. The average Bonchev–Trinajstić information content (AvgIpc) is 3.35. The molecule has 2 aliphatic rings. The van der Waals surface area contributed by atoms with Crippen LogP contribution < -0.4 is 9.47 Å². The Morgan fingerprint density at radius 1 is 1.07 bits per heavy atom. The summed E-state index contributed by atoms with van der Waals surface area (Å²) in [7, 11) is 0. The Balaban J connectivity index is 1.54. The third kappa shape index (κ3) is 4.12. The summed E-state index contributed by atoms with van der Waals surface area (Å²) in [5, 5.41) is 12.8. The van der Waals surface area contributed by atoms with Gasteiger partial charge in [-0.15, -0.1) is 5.10 Å². The van der Waals surface area contributed by atoms with Crippen LogP contribution >= 0.6 is 0 Å². The molecule has 0 N–H and O–H groups in total. The van der Waals surface area contributed by atoms with Crippen LogP contribution in [0.4, 0.5) is 0 Å². The van der Waals surface area contributed by atoms with Gasteiger partial charge >= 0.3 is 0 Å². The summed E-state index contributed by atoms with van der Waals surface area (Å²) >= 11 is 0. The molecule has 1 saturated heterocycles. The van der Waals surface area contributed by atoms with Gasteiger partial charge in [0.1, 0.15) is 0 Å². The van der Waals surface area contributed by atoms with Gasteiger partial charge in [0, 0.05) is 26.2 Å². The highest BCUT2D eigenvalue weighted by Gasteiger charge is 2.29. The molecule has 8 heteroatoms. The fraction of sp³-hybridized carbons (Fsp3) is 0.650. The van der Waals surface area contributed by atoms with Crippen LogP contribution in [-0.2, 0) is 6.54 Å². The van der Waals surface area contributed by atoms with Crippen LogP contribution in [0, 0.1) is 5.92 Å². The fourth-order valence-corrected chi connectivity index (χ4v) is 4.03. The van der Waals surface area contributed by atoms with E-state index in [1.165, 1.54) is 0 Å². The van der Waals surface area contributed by atoms with E-state index in [0.29, 0.717) is 12.5 Å². The van der Waals surface area contributed by atoms with E-state index in [-0.39, 0.29) is 12.8 Å². The van der Waals surface area contributed by atoms with E-state index in [4.69, 9.17) is 9.47 Å². The van der Waals surface area contributed by atoms with Crippen molar-refractivity contribution < 1.29 is 9.47 Å². The highest BCUT2D eigenvalue weighted by molar-refractivity contribution is 5.44. The van der Waals surface area contributed by atoms with Gasteiger partial charge in [-0.05, 0) is 47.0 Å². The zero-order chi connectivity index (χ0) is 19.5. The summed E-state index contributed by atoms with van der Waals surface area (Å²) < 4.78 is 12.9. The van der Waals surface area contributed by atoms with Gasteiger partial charge in [0.05, 0.1) is 12.6 Å². The van der Waals surface area contributed by atoms with Gasteiger partial charge in [-0.3, -0.25) is 4.90 Å². The van der Waals surface area contributed by atoms with E-state index >= 15 is 0 Å². The van der Waals surface area contributed by atoms with Crippen LogP contribution in [0.3, 0.4) is 0 Å². The number of likely N-dealkylation sites (N-methyl/N-ethyl adjacent to an activating group) is 1. The van der Waals surface area contributed by atoms with Gasteiger partial charge in [0.15, 0.2) is 17.3 Å². The van der Waals surface area contributed by atoms with Crippen molar-refractivity contribution in [2.75, 3.05) is 39.5 Å². The molecule has 0 aliphatic carbocycles. The number of aromatic nitrogens is 4. The number of piperazine rings is 1. The lowest BCUT2D eigenvalue weighted by atomic mass is 10.0. The first-order valence-electron chi connectivity index (χ1n) is 10.2. The minimum absolute atomic E-state index is 0.239. The molecule has 2 aromatic rings. The Morgan fingerprint density at radius 2 is 1.86 bits per heavy atom. The van der Waals surface area contributed by atoms with Crippen molar-refractivity contribution in [2.24, 2.45) is 5.92 Å². The minimum Gasteiger partial charge on any atom is -0.454 e. The van der Waals surface area contributed by atoms with Gasteiger partial charge in [-0.25, -0.2) is 4.68 Å². The van der Waals surface area contributed by atoms with Gasteiger partial charge in [0.2, 0.25) is 6.79 Å². The third-order valence-corrected chi connectivity index (χ3v) is 5.62. The Labute approximate surface area is 166 Å². The number of tetrazole rings is 1. The normalized spacial score (nSPS) is 18.7. The second kappa shape index (κ2) is 8.45. The molecular formula is C20H30N6O2. The molecule has 2 aliphatic heterocycles. The summed E-state index contributed by atoms with van der Waals surface area (Å²) in [4.78, 5) is 5.05. The summed E-state index contributed by atoms with van der Waals surface area (Å²) in [6.45, 7) is 13.1. The van der Waals surface area contributed by atoms with E-state index in [1.54, 1.807) is 0 Å². The van der Waals surface area contributed by atoms with Crippen LogP contribution in [-0.4, -0.2) is 69.5 Å². The molecule has 0 saturated carbocycles. The second-order valence-electron chi connectivity index (χ2n) is 8.00. The number of hydrogen-bond donors (Lipinski definition) is 0. The SMILES string of the molecule is CCN1CCN([C@@H](CC(C)C)c2nnnn2Cc2ccc3c(c2)OCO3)CC1. The zero-order valence-electron chi connectivity index (χ0n) is 17.0. The maximum Gasteiger partial charge on any atom is 0.231 e. The molecule has 0 spiro atoms. The van der Waals surface area contributed by atoms with Gasteiger partial charge < -0.3 is 14.4 Å². The molecule has 152 valence electrons. The van der Waals surface area contributed by atoms with E-state index in [9.17, 15) is 0 Å². The Morgan fingerprint density at radius 3 is 2.61 bits per heavy atom. The van der Waals surface area contributed by atoms with Crippen LogP contribution in [0.15, 0.2) is 18.2 Å². The first-order chi connectivity index (χ1) is 13.6. The van der Waals surface area contributed by atoms with Crippen LogP contribution in [0.25, 0.3) is 0 Å². The van der Waals surface area contributed by atoms with Crippen molar-refractivity contribution in [3.05, 3.63) is 29.6 Å². The molecule has 1 atom stereocenters. The third-order valence-electron chi connectivity index (χ3n) is 5.62. The lowest BCUT2D eigenvalue weighted by Crippen LogP contribution is -2.48. The number of rotatable bonds is 7. The zero-order valence-corrected chi connectivity index (χ0v) is 17.0. The van der Waals surface area contributed by atoms with E-state index < -0.39 is 0 Å². The molecule has 4 rings (SSSR count). The lowest BCUT2D eigenvalue weighted by Gasteiger charge is -2.39. The number of fused-ring (bicyclic) bond motifs is 1. The number of hydrogen-bond acceptors (Lipinski definition) is 7. The summed E-state index contributed by atoms with van der Waals surface area (Å²) in [6.07, 6.45) is 1.05. The maximum absolute atomic E-state index is 5.51. The van der Waals surface area contributed by atoms with Crippen molar-refractivity contribution in [1.82, 2.24) is 30.0 Å². The standard InChI is InChI=1S/C20H30N6O2/c1-4-24-7-9-25(10-8-24)17(11-15(2)3)20-21-22-23-26(20)13-16-5-6-18-19(12-16)28-14-27-18/h5-6,12,15,17H,4,7-11,13-14H2,1-3H3/t17-/m0/s1. The summed E-state index contributed by atoms with van der Waals surface area (Å²) in [5.74, 6) is 3.12. The fourth-order valence-electron chi connectivity index (χ4n) is 4.03. The van der Waals surface area contributed by atoms with Crippen molar-refractivity contribution in [3.63, 3.8) is 0 Å². The Bertz CT molecular complexity index is 785. The minimum atomic E-state index is 0.239. The molecule has 28 heavy (non-hydrogen) atoms. The highest BCUT2D eigenvalue weighted by Crippen LogP contribution is 2.33. The van der Waals surface area contributed by atoms with E-state index in [0.717, 1.165) is 62.0 Å². The molecule has 0 radical (unpaired) electrons. The number of benzene rings is 1. The molecular weight excluding hydrogens is 356 g/mol. The van der Waals surface area contributed by atoms with Crippen molar-refractivity contribution in [1.29, 1.82) is 0 Å². The average molecular weight is 387 g/mol. The largest absolute Gasteiger partial charge is 0.454 e. The highest BCUT2D eigenvalue weighted by atomic mass is 16.7. The van der Waals surface area contributed by atoms with Gasteiger partial charge in [-0.1, -0.05) is 26.8 Å². The quantitative estimate of drug-likeness (QED) is 0.722. The van der Waals surface area contributed by atoms with Gasteiger partial charge in [-0.2, -0.15) is 0 Å². The van der Waals surface area contributed by atoms with Crippen LogP contribution in [0.1, 0.15) is 44.6 Å².